The topological polar surface area (TPSA) is 65.4 Å². The summed E-state index contributed by atoms with van der Waals surface area (Å²) in [6.45, 7) is 8.24. The van der Waals surface area contributed by atoms with E-state index in [2.05, 4.69) is 10.9 Å². The van der Waals surface area contributed by atoms with Gasteiger partial charge in [0, 0.05) is 6.42 Å². The first-order valence-corrected chi connectivity index (χ1v) is 9.81. The summed E-state index contributed by atoms with van der Waals surface area (Å²) < 4.78 is 39.5. The van der Waals surface area contributed by atoms with Crippen molar-refractivity contribution in [2.24, 2.45) is 0 Å². The Morgan fingerprint density at radius 2 is 1.81 bits per heavy atom. The van der Waals surface area contributed by atoms with E-state index in [4.69, 9.17) is 6.57 Å². The maximum atomic E-state index is 13.2. The molecule has 0 spiro atoms. The Hall–Kier alpha value is -3.68. The van der Waals surface area contributed by atoms with Crippen molar-refractivity contribution >= 4 is 22.2 Å². The predicted molar refractivity (Wildman–Crippen MR) is 114 cm³/mol. The molecule has 3 aromatic carbocycles. The molecule has 0 aliphatic heterocycles. The highest BCUT2D eigenvalue weighted by Crippen LogP contribution is 2.37. The van der Waals surface area contributed by atoms with Gasteiger partial charge in [0.15, 0.2) is 11.5 Å². The van der Waals surface area contributed by atoms with Crippen LogP contribution in [0.15, 0.2) is 54.6 Å². The Bertz CT molecular complexity index is 1260. The zero-order valence-electron chi connectivity index (χ0n) is 17.2. The van der Waals surface area contributed by atoms with Crippen LogP contribution < -0.4 is 0 Å². The molecule has 32 heavy (non-hydrogen) atoms. The van der Waals surface area contributed by atoms with Gasteiger partial charge in [-0.05, 0) is 47.7 Å². The molecule has 0 fully saturated rings. The molecule has 1 N–H and O–H groups in total. The van der Waals surface area contributed by atoms with Crippen molar-refractivity contribution in [1.82, 2.24) is 0 Å². The Balaban J connectivity index is 1.79. The smallest absolute Gasteiger partial charge is 0.382 e. The van der Waals surface area contributed by atoms with Gasteiger partial charge < -0.3 is 5.11 Å². The molecule has 0 aliphatic carbocycles. The van der Waals surface area contributed by atoms with E-state index in [1.807, 2.05) is 24.3 Å². The van der Waals surface area contributed by atoms with Gasteiger partial charge in [-0.25, -0.2) is 4.85 Å². The third kappa shape index (κ3) is 4.80. The number of hydrogen-bond donors (Lipinski definition) is 1. The third-order valence-electron chi connectivity index (χ3n) is 5.47. The first-order chi connectivity index (χ1) is 15.1. The largest absolute Gasteiger partial charge is 0.407 e. The number of carbonyl (C=O) groups is 1. The number of nitrogens with zero attached hydrogens (tertiary/aromatic N) is 2. The molecule has 3 aromatic rings. The first-order valence-electron chi connectivity index (χ1n) is 9.81. The van der Waals surface area contributed by atoms with Crippen molar-refractivity contribution in [1.29, 1.82) is 5.26 Å². The molecule has 0 aromatic heterocycles. The normalized spacial score (nSPS) is 13.2. The predicted octanol–water partition coefficient (Wildman–Crippen LogP) is 5.78. The fraction of sp³-hybridized carbons (Fsp3) is 0.240. The maximum Gasteiger partial charge on any atom is 0.407 e. The molecule has 0 amide bonds. The molecular formula is C25H19F3N2O2. The van der Waals surface area contributed by atoms with Crippen LogP contribution in [0, 0.1) is 17.9 Å². The van der Waals surface area contributed by atoms with Crippen LogP contribution >= 0.6 is 0 Å². The number of nitriles is 1. The summed E-state index contributed by atoms with van der Waals surface area (Å²) in [5, 5.41) is 21.6. The van der Waals surface area contributed by atoms with Crippen molar-refractivity contribution in [3.05, 3.63) is 88.3 Å². The SMILES string of the molecule is [C-]#[N+]c1ccc(CC(=O)[C@@](C)(O)CCc2ccc(C#N)c3ccccc23)cc1C(F)(F)F. The summed E-state index contributed by atoms with van der Waals surface area (Å²) in [6, 6.07) is 16.1. The van der Waals surface area contributed by atoms with E-state index in [0.29, 0.717) is 12.0 Å². The van der Waals surface area contributed by atoms with Gasteiger partial charge in [-0.15, -0.1) is 0 Å². The summed E-state index contributed by atoms with van der Waals surface area (Å²) in [7, 11) is 0. The minimum absolute atomic E-state index is 0.0635. The number of Topliss-reactive ketones (excluding diaryl/α,β-unsaturated/α-hetero) is 1. The average molecular weight is 436 g/mol. The van der Waals surface area contributed by atoms with Gasteiger partial charge in [0.2, 0.25) is 0 Å². The number of halogens is 3. The standard InChI is InChI=1S/C25H19F3N2O2/c1-24(32,12-11-17-8-9-18(15-29)20-6-4-3-5-19(17)20)23(31)14-16-7-10-22(30-2)21(13-16)25(26,27)28/h3-10,13,32H,11-12,14H2,1H3/t24-/m0/s1. The van der Waals surface area contributed by atoms with Crippen molar-refractivity contribution in [2.45, 2.75) is 38.0 Å². The lowest BCUT2D eigenvalue weighted by Crippen LogP contribution is -2.37. The number of aryl methyl sites for hydroxylation is 1. The van der Waals surface area contributed by atoms with E-state index in [1.165, 1.54) is 13.0 Å². The fourth-order valence-corrected chi connectivity index (χ4v) is 3.59. The summed E-state index contributed by atoms with van der Waals surface area (Å²) in [6.07, 6.45) is -4.69. The highest BCUT2D eigenvalue weighted by atomic mass is 19.4. The number of rotatable bonds is 6. The lowest BCUT2D eigenvalue weighted by atomic mass is 9.87. The Kier molecular flexibility index (Phi) is 6.34. The molecule has 0 bridgehead atoms. The van der Waals surface area contributed by atoms with Crippen molar-refractivity contribution in [3.63, 3.8) is 0 Å². The average Bonchev–Trinajstić information content (AvgIpc) is 2.76. The van der Waals surface area contributed by atoms with Crippen LogP contribution in [-0.2, 0) is 23.8 Å². The molecule has 0 unspecified atom stereocenters. The number of hydrogen-bond acceptors (Lipinski definition) is 3. The fourth-order valence-electron chi connectivity index (χ4n) is 3.59. The number of fused-ring (bicyclic) bond motifs is 1. The van der Waals surface area contributed by atoms with Crippen LogP contribution in [0.2, 0.25) is 0 Å². The van der Waals surface area contributed by atoms with Gasteiger partial charge in [0.25, 0.3) is 0 Å². The first kappa shape index (κ1) is 23.0. The van der Waals surface area contributed by atoms with Crippen LogP contribution in [0.4, 0.5) is 18.9 Å². The van der Waals surface area contributed by atoms with E-state index in [9.17, 15) is 28.3 Å². The lowest BCUT2D eigenvalue weighted by Gasteiger charge is -2.22. The number of carbonyl (C=O) groups excluding carboxylic acids is 1. The second kappa shape index (κ2) is 8.82. The minimum Gasteiger partial charge on any atom is -0.382 e. The highest BCUT2D eigenvalue weighted by Gasteiger charge is 2.35. The van der Waals surface area contributed by atoms with E-state index in [0.717, 1.165) is 28.5 Å². The molecule has 0 saturated heterocycles. The van der Waals surface area contributed by atoms with Crippen LogP contribution in [0.1, 0.15) is 35.6 Å². The van der Waals surface area contributed by atoms with E-state index < -0.39 is 28.8 Å². The minimum atomic E-state index is -4.71. The number of alkyl halides is 3. The summed E-state index contributed by atoms with van der Waals surface area (Å²) in [5.74, 6) is -0.612. The zero-order valence-corrected chi connectivity index (χ0v) is 17.2. The maximum absolute atomic E-state index is 13.2. The molecule has 4 nitrogen and oxygen atoms in total. The van der Waals surface area contributed by atoms with Gasteiger partial charge in [-0.1, -0.05) is 48.5 Å². The monoisotopic (exact) mass is 436 g/mol. The van der Waals surface area contributed by atoms with E-state index in [1.54, 1.807) is 12.1 Å². The molecule has 162 valence electrons. The van der Waals surface area contributed by atoms with Crippen LogP contribution in [0.5, 0.6) is 0 Å². The Morgan fingerprint density at radius 1 is 1.12 bits per heavy atom. The Labute approximate surface area is 183 Å². The molecule has 3 rings (SSSR count). The molecule has 0 radical (unpaired) electrons. The molecule has 1 atom stereocenters. The van der Waals surface area contributed by atoms with Gasteiger partial charge in [0.05, 0.1) is 23.8 Å². The highest BCUT2D eigenvalue weighted by molar-refractivity contribution is 5.91. The summed E-state index contributed by atoms with van der Waals surface area (Å²) in [4.78, 5) is 15.6. The lowest BCUT2D eigenvalue weighted by molar-refractivity contribution is -0.137. The number of benzene rings is 3. The molecule has 0 saturated carbocycles. The summed E-state index contributed by atoms with van der Waals surface area (Å²) >= 11 is 0. The molecule has 0 heterocycles. The van der Waals surface area contributed by atoms with Crippen molar-refractivity contribution in [3.8, 4) is 6.07 Å². The third-order valence-corrected chi connectivity index (χ3v) is 5.47. The molecule has 7 heteroatoms. The Morgan fingerprint density at radius 3 is 2.44 bits per heavy atom. The molecular weight excluding hydrogens is 417 g/mol. The van der Waals surface area contributed by atoms with E-state index >= 15 is 0 Å². The van der Waals surface area contributed by atoms with Crippen molar-refractivity contribution < 1.29 is 23.1 Å². The van der Waals surface area contributed by atoms with Gasteiger partial charge in [-0.2, -0.15) is 18.4 Å². The quantitative estimate of drug-likeness (QED) is 0.499. The van der Waals surface area contributed by atoms with Crippen LogP contribution in [0.25, 0.3) is 15.6 Å². The number of ketones is 1. The second-order valence-corrected chi connectivity index (χ2v) is 7.76. The van der Waals surface area contributed by atoms with Crippen LogP contribution in [0.3, 0.4) is 0 Å². The van der Waals surface area contributed by atoms with Gasteiger partial charge >= 0.3 is 6.18 Å². The van der Waals surface area contributed by atoms with Gasteiger partial charge in [0.1, 0.15) is 5.60 Å². The summed E-state index contributed by atoms with van der Waals surface area (Å²) in [5.41, 5.74) is -1.93. The zero-order chi connectivity index (χ0) is 23.5. The second-order valence-electron chi connectivity index (χ2n) is 7.76. The van der Waals surface area contributed by atoms with Crippen LogP contribution in [-0.4, -0.2) is 16.5 Å². The van der Waals surface area contributed by atoms with Crippen molar-refractivity contribution in [2.75, 3.05) is 0 Å². The van der Waals surface area contributed by atoms with E-state index in [-0.39, 0.29) is 18.4 Å². The number of aliphatic hydroxyl groups is 1. The molecule has 0 aliphatic rings. The van der Waals surface area contributed by atoms with Gasteiger partial charge in [-0.3, -0.25) is 4.79 Å².